The van der Waals surface area contributed by atoms with Gasteiger partial charge in [0.05, 0.1) is 0 Å². The molecule has 0 aliphatic heterocycles. The molecule has 0 aliphatic rings. The van der Waals surface area contributed by atoms with Crippen molar-refractivity contribution in [2.24, 2.45) is 0 Å². The summed E-state index contributed by atoms with van der Waals surface area (Å²) in [5.74, 6) is 0. The number of benzene rings is 2. The Morgan fingerprint density at radius 2 is 1.67 bits per heavy atom. The van der Waals surface area contributed by atoms with Crippen molar-refractivity contribution in [1.82, 2.24) is 0 Å². The van der Waals surface area contributed by atoms with Gasteiger partial charge in [-0.2, -0.15) is 0 Å². The molecule has 2 nitrogen and oxygen atoms in total. The normalized spacial score (nSPS) is 10.3. The van der Waals surface area contributed by atoms with Crippen LogP contribution in [0.5, 0.6) is 0 Å². The quantitative estimate of drug-likeness (QED) is 0.693. The molecule has 0 unspecified atom stereocenters. The molecule has 2 rings (SSSR count). The molecule has 76 valence electrons. The number of hydrogen-bond donors (Lipinski definition) is 0. The van der Waals surface area contributed by atoms with Crippen LogP contribution >= 0.6 is 0 Å². The fraction of sp³-hybridized carbons (Fsp3) is 0.154. The molecule has 2 heteroatoms. The summed E-state index contributed by atoms with van der Waals surface area (Å²) in [6.07, 6.45) is 0.874. The van der Waals surface area contributed by atoms with Gasteiger partial charge >= 0.3 is 0 Å². The van der Waals surface area contributed by atoms with Gasteiger partial charge in [0.25, 0.3) is 0 Å². The third-order valence-electron chi connectivity index (χ3n) is 2.50. The first kappa shape index (κ1) is 9.71. The van der Waals surface area contributed by atoms with E-state index in [1.807, 2.05) is 38.4 Å². The van der Waals surface area contributed by atoms with E-state index in [1.165, 1.54) is 5.69 Å². The van der Waals surface area contributed by atoms with E-state index in [9.17, 15) is 4.79 Å². The van der Waals surface area contributed by atoms with Gasteiger partial charge in [-0.3, -0.25) is 4.79 Å². The summed E-state index contributed by atoms with van der Waals surface area (Å²) in [5, 5.41) is 2.26. The Morgan fingerprint density at radius 1 is 1.00 bits per heavy atom. The second-order valence-corrected chi connectivity index (χ2v) is 3.80. The molecule has 15 heavy (non-hydrogen) atoms. The number of anilines is 1. The third-order valence-corrected chi connectivity index (χ3v) is 2.50. The van der Waals surface area contributed by atoms with E-state index in [1.54, 1.807) is 0 Å². The maximum Gasteiger partial charge on any atom is 0.150 e. The van der Waals surface area contributed by atoms with Crippen molar-refractivity contribution in [3.05, 3.63) is 42.0 Å². The van der Waals surface area contributed by atoms with Crippen molar-refractivity contribution in [2.75, 3.05) is 19.0 Å². The number of carbonyl (C=O) groups is 1. The molecule has 0 fully saturated rings. The fourth-order valence-electron chi connectivity index (χ4n) is 1.60. The molecular formula is C13H13NO. The first-order chi connectivity index (χ1) is 7.20. The van der Waals surface area contributed by atoms with Crippen molar-refractivity contribution >= 4 is 22.7 Å². The van der Waals surface area contributed by atoms with Crippen molar-refractivity contribution in [3.63, 3.8) is 0 Å². The minimum atomic E-state index is 0.722. The predicted octanol–water partition coefficient (Wildman–Crippen LogP) is 2.72. The summed E-state index contributed by atoms with van der Waals surface area (Å²) in [6, 6.07) is 11.9. The second-order valence-electron chi connectivity index (χ2n) is 3.80. The highest BCUT2D eigenvalue weighted by Gasteiger charge is 1.99. The Morgan fingerprint density at radius 3 is 2.33 bits per heavy atom. The van der Waals surface area contributed by atoms with Crippen LogP contribution in [0.25, 0.3) is 10.8 Å². The van der Waals surface area contributed by atoms with Gasteiger partial charge in [0.1, 0.15) is 6.29 Å². The molecule has 2 aromatic carbocycles. The third kappa shape index (κ3) is 1.84. The van der Waals surface area contributed by atoms with E-state index in [0.717, 1.165) is 22.6 Å². The molecule has 0 saturated carbocycles. The van der Waals surface area contributed by atoms with Crippen LogP contribution in [0.4, 0.5) is 5.69 Å². The minimum Gasteiger partial charge on any atom is -0.378 e. The molecule has 0 spiro atoms. The first-order valence-electron chi connectivity index (χ1n) is 4.87. The van der Waals surface area contributed by atoms with Crippen LogP contribution in [-0.2, 0) is 0 Å². The molecule has 0 saturated heterocycles. The van der Waals surface area contributed by atoms with Gasteiger partial charge in [-0.05, 0) is 29.0 Å². The number of carbonyl (C=O) groups excluding carboxylic acids is 1. The average Bonchev–Trinajstić information content (AvgIpc) is 2.27. The van der Waals surface area contributed by atoms with Crippen molar-refractivity contribution in [2.45, 2.75) is 0 Å². The van der Waals surface area contributed by atoms with E-state index in [0.29, 0.717) is 0 Å². The molecule has 2 aromatic rings. The Bertz CT molecular complexity index is 503. The molecule has 0 amide bonds. The van der Waals surface area contributed by atoms with Gasteiger partial charge in [-0.15, -0.1) is 0 Å². The average molecular weight is 199 g/mol. The molecule has 0 bridgehead atoms. The van der Waals surface area contributed by atoms with E-state index < -0.39 is 0 Å². The number of nitrogens with zero attached hydrogens (tertiary/aromatic N) is 1. The lowest BCUT2D eigenvalue weighted by Crippen LogP contribution is -2.07. The summed E-state index contributed by atoms with van der Waals surface area (Å²) < 4.78 is 0. The Balaban J connectivity index is 2.59. The van der Waals surface area contributed by atoms with E-state index in [4.69, 9.17) is 0 Å². The Hall–Kier alpha value is -1.83. The highest BCUT2D eigenvalue weighted by Crippen LogP contribution is 2.21. The summed E-state index contributed by atoms with van der Waals surface area (Å²) in [7, 11) is 4.03. The lowest BCUT2D eigenvalue weighted by Gasteiger charge is -2.12. The van der Waals surface area contributed by atoms with Crippen LogP contribution in [0.2, 0.25) is 0 Å². The monoisotopic (exact) mass is 199 g/mol. The highest BCUT2D eigenvalue weighted by atomic mass is 16.1. The van der Waals surface area contributed by atoms with Gasteiger partial charge in [0, 0.05) is 25.3 Å². The SMILES string of the molecule is CN(C)c1ccc2cc(C=O)ccc2c1. The lowest BCUT2D eigenvalue weighted by atomic mass is 10.1. The summed E-state index contributed by atoms with van der Waals surface area (Å²) in [5.41, 5.74) is 1.89. The topological polar surface area (TPSA) is 20.3 Å². The van der Waals surface area contributed by atoms with Crippen molar-refractivity contribution < 1.29 is 4.79 Å². The fourth-order valence-corrected chi connectivity index (χ4v) is 1.60. The predicted molar refractivity (Wildman–Crippen MR) is 63.7 cm³/mol. The number of fused-ring (bicyclic) bond motifs is 1. The van der Waals surface area contributed by atoms with E-state index in [2.05, 4.69) is 17.0 Å². The molecule has 0 atom stereocenters. The standard InChI is InChI=1S/C13H13NO/c1-14(2)13-6-5-11-7-10(9-15)3-4-12(11)8-13/h3-9H,1-2H3. The zero-order valence-corrected chi connectivity index (χ0v) is 8.90. The largest absolute Gasteiger partial charge is 0.378 e. The van der Waals surface area contributed by atoms with Gasteiger partial charge < -0.3 is 4.90 Å². The highest BCUT2D eigenvalue weighted by molar-refractivity contribution is 5.90. The molecule has 0 heterocycles. The molecule has 0 aliphatic carbocycles. The van der Waals surface area contributed by atoms with Crippen molar-refractivity contribution in [3.8, 4) is 0 Å². The summed E-state index contributed by atoms with van der Waals surface area (Å²) in [4.78, 5) is 12.7. The maximum absolute atomic E-state index is 10.6. The van der Waals surface area contributed by atoms with Gasteiger partial charge in [-0.1, -0.05) is 18.2 Å². The first-order valence-corrected chi connectivity index (χ1v) is 4.87. The zero-order valence-electron chi connectivity index (χ0n) is 8.90. The number of aldehydes is 1. The van der Waals surface area contributed by atoms with Crippen LogP contribution in [-0.4, -0.2) is 20.4 Å². The minimum absolute atomic E-state index is 0.722. The van der Waals surface area contributed by atoms with Crippen LogP contribution in [0.15, 0.2) is 36.4 Å². The molecule has 0 aromatic heterocycles. The zero-order chi connectivity index (χ0) is 10.8. The lowest BCUT2D eigenvalue weighted by molar-refractivity contribution is 0.112. The van der Waals surface area contributed by atoms with Crippen LogP contribution in [0.1, 0.15) is 10.4 Å². The van der Waals surface area contributed by atoms with Gasteiger partial charge in [0.2, 0.25) is 0 Å². The smallest absolute Gasteiger partial charge is 0.150 e. The molecule has 0 N–H and O–H groups in total. The van der Waals surface area contributed by atoms with Crippen LogP contribution < -0.4 is 4.90 Å². The molecule has 0 radical (unpaired) electrons. The number of rotatable bonds is 2. The second kappa shape index (κ2) is 3.73. The summed E-state index contributed by atoms with van der Waals surface area (Å²) >= 11 is 0. The Kier molecular flexibility index (Phi) is 2.42. The van der Waals surface area contributed by atoms with Crippen molar-refractivity contribution in [1.29, 1.82) is 0 Å². The summed E-state index contributed by atoms with van der Waals surface area (Å²) in [6.45, 7) is 0. The van der Waals surface area contributed by atoms with Crippen LogP contribution in [0.3, 0.4) is 0 Å². The molecular weight excluding hydrogens is 186 g/mol. The number of hydrogen-bond acceptors (Lipinski definition) is 2. The maximum atomic E-state index is 10.6. The Labute approximate surface area is 89.1 Å². The van der Waals surface area contributed by atoms with Gasteiger partial charge in [0.15, 0.2) is 0 Å². The van der Waals surface area contributed by atoms with Gasteiger partial charge in [-0.25, -0.2) is 0 Å². The van der Waals surface area contributed by atoms with E-state index in [-0.39, 0.29) is 0 Å². The van der Waals surface area contributed by atoms with E-state index >= 15 is 0 Å². The van der Waals surface area contributed by atoms with Crippen LogP contribution in [0, 0.1) is 0 Å².